The van der Waals surface area contributed by atoms with E-state index in [-0.39, 0.29) is 10.9 Å². The Morgan fingerprint density at radius 3 is 2.78 bits per heavy atom. The number of hydrogen-bond donors (Lipinski definition) is 2. The third kappa shape index (κ3) is 2.20. The molecule has 7 heteroatoms. The van der Waals surface area contributed by atoms with Gasteiger partial charge in [0.1, 0.15) is 11.2 Å². The lowest BCUT2D eigenvalue weighted by molar-refractivity contribution is 0.158. The van der Waals surface area contributed by atoms with Crippen molar-refractivity contribution in [1.29, 1.82) is 0 Å². The minimum Gasteiger partial charge on any atom is -0.395 e. The highest BCUT2D eigenvalue weighted by atomic mass is 32.2. The quantitative estimate of drug-likeness (QED) is 0.846. The monoisotopic (exact) mass is 267 g/mol. The van der Waals surface area contributed by atoms with Crippen LogP contribution in [0, 0.1) is 0 Å². The Hall–Kier alpha value is -1.57. The predicted molar refractivity (Wildman–Crippen MR) is 65.6 cm³/mol. The minimum absolute atomic E-state index is 0.0846. The Balaban J connectivity index is 1.97. The molecule has 3 rings (SSSR count). The van der Waals surface area contributed by atoms with Crippen LogP contribution in [-0.4, -0.2) is 14.5 Å². The highest BCUT2D eigenvalue weighted by Crippen LogP contribution is 2.28. The molecule has 6 nitrogen and oxygen atoms in total. The zero-order valence-electron chi connectivity index (χ0n) is 9.54. The van der Waals surface area contributed by atoms with E-state index in [0.29, 0.717) is 5.69 Å². The van der Waals surface area contributed by atoms with Crippen molar-refractivity contribution < 1.29 is 13.3 Å². The molecule has 2 aliphatic rings. The predicted octanol–water partition coefficient (Wildman–Crippen LogP) is 0.855. The van der Waals surface area contributed by atoms with Gasteiger partial charge in [0.25, 0.3) is 0 Å². The molecule has 0 unspecified atom stereocenters. The van der Waals surface area contributed by atoms with Crippen molar-refractivity contribution in [3.05, 3.63) is 36.7 Å². The number of benzene rings is 1. The van der Waals surface area contributed by atoms with Crippen LogP contribution >= 0.6 is 0 Å². The van der Waals surface area contributed by atoms with Gasteiger partial charge in [0.15, 0.2) is 0 Å². The van der Waals surface area contributed by atoms with Gasteiger partial charge in [-0.2, -0.15) is 0 Å². The van der Waals surface area contributed by atoms with E-state index in [2.05, 4.69) is 10.3 Å². The maximum atomic E-state index is 12.2. The lowest BCUT2D eigenvalue weighted by Crippen LogP contribution is -2.31. The van der Waals surface area contributed by atoms with Crippen molar-refractivity contribution >= 4 is 15.7 Å². The van der Waals surface area contributed by atoms with Gasteiger partial charge >= 0.3 is 0 Å². The van der Waals surface area contributed by atoms with E-state index in [1.165, 1.54) is 11.3 Å². The SMILES string of the molecule is O=S(=O)(NC1CC1)c1ccccc1N1C=CON1. The molecule has 1 aromatic carbocycles. The molecule has 1 aliphatic carbocycles. The summed E-state index contributed by atoms with van der Waals surface area (Å²) in [5.41, 5.74) is 3.11. The molecule has 0 aromatic heterocycles. The van der Waals surface area contributed by atoms with Crippen molar-refractivity contribution in [1.82, 2.24) is 10.3 Å². The fourth-order valence-electron chi connectivity index (χ4n) is 1.71. The first-order chi connectivity index (χ1) is 8.67. The third-order valence-corrected chi connectivity index (χ3v) is 4.31. The highest BCUT2D eigenvalue weighted by molar-refractivity contribution is 7.89. The molecule has 0 saturated heterocycles. The van der Waals surface area contributed by atoms with E-state index in [4.69, 9.17) is 4.84 Å². The fourth-order valence-corrected chi connectivity index (χ4v) is 3.21. The fraction of sp³-hybridized carbons (Fsp3) is 0.273. The third-order valence-electron chi connectivity index (χ3n) is 2.74. The van der Waals surface area contributed by atoms with Gasteiger partial charge in [-0.25, -0.2) is 18.1 Å². The number of anilines is 1. The smallest absolute Gasteiger partial charge is 0.242 e. The molecule has 2 N–H and O–H groups in total. The summed E-state index contributed by atoms with van der Waals surface area (Å²) in [6.07, 6.45) is 4.88. The highest BCUT2D eigenvalue weighted by Gasteiger charge is 2.30. The first-order valence-electron chi connectivity index (χ1n) is 5.65. The molecule has 0 spiro atoms. The second-order valence-corrected chi connectivity index (χ2v) is 5.91. The lowest BCUT2D eigenvalue weighted by Gasteiger charge is -2.18. The summed E-state index contributed by atoms with van der Waals surface area (Å²) in [6.45, 7) is 0. The zero-order valence-corrected chi connectivity index (χ0v) is 10.4. The van der Waals surface area contributed by atoms with Crippen LogP contribution in [-0.2, 0) is 14.9 Å². The van der Waals surface area contributed by atoms with E-state index in [9.17, 15) is 8.42 Å². The van der Waals surface area contributed by atoms with Gasteiger partial charge in [-0.3, -0.25) is 0 Å². The second kappa shape index (κ2) is 4.27. The topological polar surface area (TPSA) is 70.7 Å². The molecule has 0 radical (unpaired) electrons. The van der Waals surface area contributed by atoms with Gasteiger partial charge in [-0.1, -0.05) is 17.7 Å². The Kier molecular flexibility index (Phi) is 2.73. The normalized spacial score (nSPS) is 19.0. The molecule has 1 fully saturated rings. The van der Waals surface area contributed by atoms with Gasteiger partial charge in [-0.15, -0.1) is 0 Å². The molecular formula is C11H13N3O3S. The first kappa shape index (κ1) is 11.5. The van der Waals surface area contributed by atoms with E-state index in [1.807, 2.05) is 0 Å². The minimum atomic E-state index is -3.49. The summed E-state index contributed by atoms with van der Waals surface area (Å²) < 4.78 is 27.1. The van der Waals surface area contributed by atoms with Crippen LogP contribution in [0.2, 0.25) is 0 Å². The number of nitrogens with zero attached hydrogens (tertiary/aromatic N) is 1. The molecule has 18 heavy (non-hydrogen) atoms. The Bertz CT molecular complexity index is 581. The van der Waals surface area contributed by atoms with Gasteiger partial charge in [0.05, 0.1) is 11.9 Å². The average molecular weight is 267 g/mol. The van der Waals surface area contributed by atoms with E-state index >= 15 is 0 Å². The Morgan fingerprint density at radius 1 is 1.33 bits per heavy atom. The largest absolute Gasteiger partial charge is 0.395 e. The molecule has 1 aliphatic heterocycles. The molecule has 96 valence electrons. The standard InChI is InChI=1S/C11H13N3O3S/c15-18(16,12-9-5-6-9)11-4-2-1-3-10(11)14-7-8-17-13-14/h1-4,7-9,12-13H,5-6H2. The maximum absolute atomic E-state index is 12.2. The number of para-hydroxylation sites is 1. The first-order valence-corrected chi connectivity index (χ1v) is 7.14. The molecule has 1 aromatic rings. The van der Waals surface area contributed by atoms with Crippen LogP contribution in [0.25, 0.3) is 0 Å². The number of hydrogen-bond acceptors (Lipinski definition) is 5. The van der Waals surface area contributed by atoms with E-state index in [0.717, 1.165) is 12.8 Å². The summed E-state index contributed by atoms with van der Waals surface area (Å²) in [5, 5.41) is 1.52. The number of nitrogens with one attached hydrogen (secondary N) is 2. The molecule has 0 atom stereocenters. The van der Waals surface area contributed by atoms with E-state index in [1.54, 1.807) is 30.5 Å². The lowest BCUT2D eigenvalue weighted by atomic mass is 10.3. The van der Waals surface area contributed by atoms with Crippen LogP contribution in [0.3, 0.4) is 0 Å². The molecular weight excluding hydrogens is 254 g/mol. The second-order valence-electron chi connectivity index (χ2n) is 4.23. The van der Waals surface area contributed by atoms with Crippen molar-refractivity contribution in [3.63, 3.8) is 0 Å². The van der Waals surface area contributed by atoms with Gasteiger partial charge < -0.3 is 4.84 Å². The van der Waals surface area contributed by atoms with Gasteiger partial charge in [0.2, 0.25) is 10.0 Å². The van der Waals surface area contributed by atoms with Crippen molar-refractivity contribution in [2.75, 3.05) is 5.01 Å². The summed E-state index contributed by atoms with van der Waals surface area (Å²) in [7, 11) is -3.49. The zero-order chi connectivity index (χ0) is 12.6. The average Bonchev–Trinajstić information content (AvgIpc) is 2.98. The maximum Gasteiger partial charge on any atom is 0.242 e. The van der Waals surface area contributed by atoms with Crippen LogP contribution in [0.1, 0.15) is 12.8 Å². The summed E-state index contributed by atoms with van der Waals surface area (Å²) in [4.78, 5) is 5.09. The number of hydrazine groups is 1. The van der Waals surface area contributed by atoms with Crippen molar-refractivity contribution in [2.45, 2.75) is 23.8 Å². The van der Waals surface area contributed by atoms with Crippen LogP contribution in [0.4, 0.5) is 5.69 Å². The molecule has 1 heterocycles. The Labute approximate surface area is 105 Å². The Morgan fingerprint density at radius 2 is 2.11 bits per heavy atom. The van der Waals surface area contributed by atoms with Crippen LogP contribution in [0.5, 0.6) is 0 Å². The number of sulfonamides is 1. The molecule has 0 bridgehead atoms. The summed E-state index contributed by atoms with van der Waals surface area (Å²) >= 11 is 0. The van der Waals surface area contributed by atoms with Gasteiger partial charge in [-0.05, 0) is 25.0 Å². The summed E-state index contributed by atoms with van der Waals surface area (Å²) in [6, 6.07) is 6.85. The molecule has 1 saturated carbocycles. The van der Waals surface area contributed by atoms with Crippen molar-refractivity contribution in [2.24, 2.45) is 0 Å². The summed E-state index contributed by atoms with van der Waals surface area (Å²) in [5.74, 6) is 0. The van der Waals surface area contributed by atoms with Crippen LogP contribution in [0.15, 0.2) is 41.6 Å². The van der Waals surface area contributed by atoms with Gasteiger partial charge in [0, 0.05) is 6.04 Å². The van der Waals surface area contributed by atoms with E-state index < -0.39 is 10.0 Å². The van der Waals surface area contributed by atoms with Crippen LogP contribution < -0.4 is 15.3 Å². The molecule has 0 amide bonds. The number of rotatable bonds is 4. The van der Waals surface area contributed by atoms with Crippen molar-refractivity contribution in [3.8, 4) is 0 Å².